The standard InChI is InChI=1S/C23H25N5O2S/c1-3-8-20-24-22(30-27-20)16-31-23-26-25-21(15-17-9-6-5-7-10-17)28(23)18-11-13-19(14-12-18)29-4-2/h5-7,9-14H,3-4,8,15-16H2,1-2H3. The van der Waals surface area contributed by atoms with Crippen molar-refractivity contribution >= 4 is 11.8 Å². The van der Waals surface area contributed by atoms with Gasteiger partial charge in [-0.25, -0.2) is 0 Å². The molecule has 0 aliphatic carbocycles. The summed E-state index contributed by atoms with van der Waals surface area (Å²) in [6, 6.07) is 18.3. The van der Waals surface area contributed by atoms with Crippen molar-refractivity contribution in [3.8, 4) is 11.4 Å². The minimum atomic E-state index is 0.539. The van der Waals surface area contributed by atoms with E-state index in [2.05, 4.69) is 44.0 Å². The average Bonchev–Trinajstić information content (AvgIpc) is 3.41. The first-order valence-electron chi connectivity index (χ1n) is 10.4. The fourth-order valence-electron chi connectivity index (χ4n) is 3.20. The van der Waals surface area contributed by atoms with Gasteiger partial charge in [-0.15, -0.1) is 10.2 Å². The second kappa shape index (κ2) is 10.3. The van der Waals surface area contributed by atoms with E-state index in [4.69, 9.17) is 9.26 Å². The van der Waals surface area contributed by atoms with Crippen LogP contribution in [0.25, 0.3) is 5.69 Å². The molecule has 0 spiro atoms. The van der Waals surface area contributed by atoms with E-state index in [1.54, 1.807) is 0 Å². The SMILES string of the molecule is CCCc1noc(CSc2nnc(Cc3ccccc3)n2-c2ccc(OCC)cc2)n1. The molecule has 8 heteroatoms. The molecule has 0 amide bonds. The summed E-state index contributed by atoms with van der Waals surface area (Å²) in [6.07, 6.45) is 2.49. The summed E-state index contributed by atoms with van der Waals surface area (Å²) < 4.78 is 13.0. The number of thioether (sulfide) groups is 1. The van der Waals surface area contributed by atoms with Crippen molar-refractivity contribution in [2.24, 2.45) is 0 Å². The number of rotatable bonds is 10. The molecular formula is C23H25N5O2S. The molecule has 7 nitrogen and oxygen atoms in total. The van der Waals surface area contributed by atoms with Gasteiger partial charge in [-0.1, -0.05) is 54.2 Å². The average molecular weight is 436 g/mol. The van der Waals surface area contributed by atoms with Crippen LogP contribution in [0.2, 0.25) is 0 Å². The van der Waals surface area contributed by atoms with Crippen LogP contribution in [0, 0.1) is 0 Å². The third-order valence-electron chi connectivity index (χ3n) is 4.62. The van der Waals surface area contributed by atoms with Gasteiger partial charge in [-0.05, 0) is 43.2 Å². The Hall–Kier alpha value is -3.13. The normalized spacial score (nSPS) is 11.0. The maximum atomic E-state index is 5.59. The van der Waals surface area contributed by atoms with Gasteiger partial charge in [-0.3, -0.25) is 4.57 Å². The van der Waals surface area contributed by atoms with Crippen LogP contribution in [-0.2, 0) is 18.6 Å². The topological polar surface area (TPSA) is 78.9 Å². The molecule has 0 aliphatic heterocycles. The summed E-state index contributed by atoms with van der Waals surface area (Å²) in [7, 11) is 0. The maximum Gasteiger partial charge on any atom is 0.237 e. The minimum Gasteiger partial charge on any atom is -0.494 e. The van der Waals surface area contributed by atoms with Crippen LogP contribution >= 0.6 is 11.8 Å². The van der Waals surface area contributed by atoms with Crippen LogP contribution in [0.3, 0.4) is 0 Å². The van der Waals surface area contributed by atoms with Gasteiger partial charge in [0.2, 0.25) is 5.89 Å². The molecule has 0 saturated heterocycles. The Morgan fingerprint density at radius 1 is 1.00 bits per heavy atom. The second-order valence-electron chi connectivity index (χ2n) is 6.97. The van der Waals surface area contributed by atoms with E-state index >= 15 is 0 Å². The molecule has 4 aromatic rings. The number of benzene rings is 2. The first kappa shape index (κ1) is 21.1. The van der Waals surface area contributed by atoms with Crippen molar-refractivity contribution in [1.29, 1.82) is 0 Å². The van der Waals surface area contributed by atoms with E-state index in [-0.39, 0.29) is 0 Å². The number of hydrogen-bond acceptors (Lipinski definition) is 7. The summed E-state index contributed by atoms with van der Waals surface area (Å²) in [5, 5.41) is 13.8. The quantitative estimate of drug-likeness (QED) is 0.328. The molecule has 0 fully saturated rings. The lowest BCUT2D eigenvalue weighted by Gasteiger charge is -2.11. The Balaban J connectivity index is 1.60. The minimum absolute atomic E-state index is 0.539. The van der Waals surface area contributed by atoms with E-state index in [0.717, 1.165) is 41.1 Å². The molecular weight excluding hydrogens is 410 g/mol. The van der Waals surface area contributed by atoms with Gasteiger partial charge >= 0.3 is 0 Å². The highest BCUT2D eigenvalue weighted by molar-refractivity contribution is 7.98. The molecule has 0 radical (unpaired) electrons. The predicted octanol–water partition coefficient (Wildman–Crippen LogP) is 4.88. The van der Waals surface area contributed by atoms with Gasteiger partial charge in [0.1, 0.15) is 11.6 Å². The molecule has 0 N–H and O–H groups in total. The fourth-order valence-corrected chi connectivity index (χ4v) is 4.01. The highest BCUT2D eigenvalue weighted by Gasteiger charge is 2.17. The molecule has 0 saturated carbocycles. The summed E-state index contributed by atoms with van der Waals surface area (Å²) in [5.74, 6) is 3.59. The van der Waals surface area contributed by atoms with E-state index in [9.17, 15) is 0 Å². The maximum absolute atomic E-state index is 5.59. The van der Waals surface area contributed by atoms with Crippen LogP contribution < -0.4 is 4.74 Å². The largest absolute Gasteiger partial charge is 0.494 e. The molecule has 31 heavy (non-hydrogen) atoms. The van der Waals surface area contributed by atoms with E-state index < -0.39 is 0 Å². The Morgan fingerprint density at radius 3 is 2.55 bits per heavy atom. The predicted molar refractivity (Wildman–Crippen MR) is 120 cm³/mol. The van der Waals surface area contributed by atoms with Gasteiger partial charge in [0.05, 0.1) is 12.4 Å². The zero-order valence-electron chi connectivity index (χ0n) is 17.7. The number of aromatic nitrogens is 5. The van der Waals surface area contributed by atoms with Crippen LogP contribution in [-0.4, -0.2) is 31.5 Å². The van der Waals surface area contributed by atoms with Crippen molar-refractivity contribution in [1.82, 2.24) is 24.9 Å². The number of aryl methyl sites for hydroxylation is 1. The molecule has 160 valence electrons. The zero-order valence-corrected chi connectivity index (χ0v) is 18.5. The van der Waals surface area contributed by atoms with Gasteiger partial charge in [0.25, 0.3) is 0 Å². The number of hydrogen-bond donors (Lipinski definition) is 0. The summed E-state index contributed by atoms with van der Waals surface area (Å²) in [4.78, 5) is 4.45. The van der Waals surface area contributed by atoms with Crippen LogP contribution in [0.5, 0.6) is 5.75 Å². The molecule has 0 atom stereocenters. The Bertz CT molecular complexity index is 1090. The van der Waals surface area contributed by atoms with Gasteiger partial charge < -0.3 is 9.26 Å². The summed E-state index contributed by atoms with van der Waals surface area (Å²) >= 11 is 1.53. The third kappa shape index (κ3) is 5.32. The molecule has 0 aliphatic rings. The molecule has 2 heterocycles. The van der Waals surface area contributed by atoms with Crippen molar-refractivity contribution < 1.29 is 9.26 Å². The van der Waals surface area contributed by atoms with E-state index in [1.165, 1.54) is 17.3 Å². The smallest absolute Gasteiger partial charge is 0.237 e. The van der Waals surface area contributed by atoms with Crippen molar-refractivity contribution in [3.05, 3.63) is 77.7 Å². The van der Waals surface area contributed by atoms with Gasteiger partial charge in [0.15, 0.2) is 11.0 Å². The summed E-state index contributed by atoms with van der Waals surface area (Å²) in [5.41, 5.74) is 2.17. The second-order valence-corrected chi connectivity index (χ2v) is 7.91. The van der Waals surface area contributed by atoms with Crippen molar-refractivity contribution in [2.75, 3.05) is 6.61 Å². The highest BCUT2D eigenvalue weighted by atomic mass is 32.2. The van der Waals surface area contributed by atoms with E-state index in [0.29, 0.717) is 24.7 Å². The lowest BCUT2D eigenvalue weighted by atomic mass is 10.1. The molecule has 2 aromatic heterocycles. The Labute approximate surface area is 185 Å². The van der Waals surface area contributed by atoms with E-state index in [1.807, 2.05) is 49.4 Å². The van der Waals surface area contributed by atoms with Gasteiger partial charge in [0, 0.05) is 18.5 Å². The molecule has 4 rings (SSSR count). The Morgan fingerprint density at radius 2 is 1.81 bits per heavy atom. The number of nitrogens with zero attached hydrogens (tertiary/aromatic N) is 5. The highest BCUT2D eigenvalue weighted by Crippen LogP contribution is 2.27. The van der Waals surface area contributed by atoms with Crippen LogP contribution in [0.4, 0.5) is 0 Å². The zero-order chi connectivity index (χ0) is 21.5. The summed E-state index contributed by atoms with van der Waals surface area (Å²) in [6.45, 7) is 4.71. The van der Waals surface area contributed by atoms with Crippen LogP contribution in [0.1, 0.15) is 43.4 Å². The van der Waals surface area contributed by atoms with Crippen molar-refractivity contribution in [2.45, 2.75) is 44.0 Å². The lowest BCUT2D eigenvalue weighted by molar-refractivity contribution is 0.340. The van der Waals surface area contributed by atoms with Crippen molar-refractivity contribution in [3.63, 3.8) is 0 Å². The molecule has 0 unspecified atom stereocenters. The van der Waals surface area contributed by atoms with Crippen LogP contribution in [0.15, 0.2) is 64.3 Å². The fraction of sp³-hybridized carbons (Fsp3) is 0.304. The first-order valence-corrected chi connectivity index (χ1v) is 11.4. The first-order chi connectivity index (χ1) is 15.3. The molecule has 0 bridgehead atoms. The monoisotopic (exact) mass is 435 g/mol. The van der Waals surface area contributed by atoms with Gasteiger partial charge in [-0.2, -0.15) is 4.98 Å². The lowest BCUT2D eigenvalue weighted by Crippen LogP contribution is -2.04. The Kier molecular flexibility index (Phi) is 6.99. The number of ether oxygens (including phenoxy) is 1. The molecule has 2 aromatic carbocycles. The third-order valence-corrected chi connectivity index (χ3v) is 5.53.